The van der Waals surface area contributed by atoms with Gasteiger partial charge in [-0.1, -0.05) is 0 Å². The maximum absolute atomic E-state index is 14.3. The zero-order valence-electron chi connectivity index (χ0n) is 24.2. The molecule has 0 unspecified atom stereocenters. The first kappa shape index (κ1) is 29.8. The highest BCUT2D eigenvalue weighted by Gasteiger charge is 2.47. The van der Waals surface area contributed by atoms with Crippen molar-refractivity contribution in [3.8, 4) is 11.6 Å². The van der Waals surface area contributed by atoms with Crippen LogP contribution < -0.4 is 9.64 Å². The number of nitrogens with zero attached hydrogens (tertiary/aromatic N) is 6. The second-order valence-corrected chi connectivity index (χ2v) is 12.5. The Morgan fingerprint density at radius 2 is 1.70 bits per heavy atom. The zero-order chi connectivity index (χ0) is 29.4. The summed E-state index contributed by atoms with van der Waals surface area (Å²) in [6.07, 6.45) is 1.35. The molecule has 1 spiro atoms. The van der Waals surface area contributed by atoms with Crippen molar-refractivity contribution in [1.29, 1.82) is 0 Å². The summed E-state index contributed by atoms with van der Waals surface area (Å²) >= 11 is 6.11. The van der Waals surface area contributed by atoms with E-state index in [-0.39, 0.29) is 52.0 Å². The second-order valence-electron chi connectivity index (χ2n) is 12.2. The summed E-state index contributed by atoms with van der Waals surface area (Å²) < 4.78 is 25.9. The fourth-order valence-corrected chi connectivity index (χ4v) is 5.47. The molecule has 4 rings (SSSR count). The summed E-state index contributed by atoms with van der Waals surface area (Å²) in [7, 11) is 0. The number of rotatable bonds is 6. The van der Waals surface area contributed by atoms with Crippen LogP contribution >= 0.6 is 11.6 Å². The van der Waals surface area contributed by atoms with Gasteiger partial charge in [-0.2, -0.15) is 4.98 Å². The smallest absolute Gasteiger partial charge is 0.410 e. The van der Waals surface area contributed by atoms with E-state index in [4.69, 9.17) is 21.1 Å². The van der Waals surface area contributed by atoms with Crippen LogP contribution in [0.4, 0.5) is 15.0 Å². The molecular weight excluding hydrogens is 539 g/mol. The van der Waals surface area contributed by atoms with E-state index in [1.165, 1.54) is 18.2 Å². The molecule has 3 heterocycles. The van der Waals surface area contributed by atoms with Crippen molar-refractivity contribution in [2.75, 3.05) is 31.1 Å². The van der Waals surface area contributed by atoms with Crippen LogP contribution in [-0.4, -0.2) is 80.8 Å². The summed E-state index contributed by atoms with van der Waals surface area (Å²) in [5, 5.41) is 7.93. The number of ether oxygens (including phenoxy) is 2. The van der Waals surface area contributed by atoms with E-state index < -0.39 is 11.4 Å². The summed E-state index contributed by atoms with van der Waals surface area (Å²) in [6.45, 7) is 15.8. The molecule has 1 aromatic heterocycles. The molecule has 2 aliphatic heterocycles. The molecule has 40 heavy (non-hydrogen) atoms. The number of halogens is 2. The van der Waals surface area contributed by atoms with Crippen molar-refractivity contribution in [2.24, 2.45) is 5.41 Å². The molecule has 0 N–H and O–H groups in total. The molecule has 0 aliphatic carbocycles. The van der Waals surface area contributed by atoms with Gasteiger partial charge in [-0.3, -0.25) is 4.79 Å². The molecule has 1 aromatic carbocycles. The van der Waals surface area contributed by atoms with Crippen LogP contribution in [0.15, 0.2) is 18.2 Å². The number of aromatic nitrogens is 3. The number of benzene rings is 1. The highest BCUT2D eigenvalue weighted by molar-refractivity contribution is 6.28. The van der Waals surface area contributed by atoms with Gasteiger partial charge in [-0.15, -0.1) is 10.2 Å². The number of carbonyl (C=O) groups excluding carboxylic acids is 2. The van der Waals surface area contributed by atoms with Crippen molar-refractivity contribution in [2.45, 2.75) is 79.0 Å². The molecule has 2 aromatic rings. The SMILES string of the molecule is CC(C)N(C(=O)c1cc(F)ccc1Oc1nnc(Cl)nc1N1CC2(CCN(C(=O)OC(C)(C)C)CC2)C1)C(C)C. The minimum atomic E-state index is -0.550. The van der Waals surface area contributed by atoms with Crippen molar-refractivity contribution >= 4 is 29.4 Å². The van der Waals surface area contributed by atoms with Gasteiger partial charge >= 0.3 is 6.09 Å². The minimum absolute atomic E-state index is 0.0131. The van der Waals surface area contributed by atoms with Gasteiger partial charge in [-0.25, -0.2) is 9.18 Å². The maximum Gasteiger partial charge on any atom is 0.410 e. The predicted molar refractivity (Wildman–Crippen MR) is 149 cm³/mol. The van der Waals surface area contributed by atoms with Gasteiger partial charge in [0.25, 0.3) is 11.8 Å². The van der Waals surface area contributed by atoms with Crippen LogP contribution in [0.5, 0.6) is 11.6 Å². The van der Waals surface area contributed by atoms with Gasteiger partial charge in [0, 0.05) is 43.7 Å². The number of amides is 2. The van der Waals surface area contributed by atoms with Crippen LogP contribution in [0.2, 0.25) is 5.28 Å². The number of piperidine rings is 1. The van der Waals surface area contributed by atoms with Crippen molar-refractivity contribution in [1.82, 2.24) is 25.0 Å². The van der Waals surface area contributed by atoms with Crippen LogP contribution in [-0.2, 0) is 4.74 Å². The Balaban J connectivity index is 1.51. The number of carbonyl (C=O) groups is 2. The van der Waals surface area contributed by atoms with Crippen molar-refractivity contribution in [3.63, 3.8) is 0 Å². The van der Waals surface area contributed by atoms with Gasteiger partial charge < -0.3 is 24.2 Å². The summed E-state index contributed by atoms with van der Waals surface area (Å²) in [5.74, 6) is -0.279. The first-order valence-electron chi connectivity index (χ1n) is 13.6. The lowest BCUT2D eigenvalue weighted by molar-refractivity contribution is 0.00584. The van der Waals surface area contributed by atoms with Crippen LogP contribution in [0.3, 0.4) is 0 Å². The normalized spacial score (nSPS) is 16.8. The second kappa shape index (κ2) is 11.3. The molecule has 2 aliphatic rings. The Hall–Kier alpha value is -3.21. The standard InChI is InChI=1S/C28H38ClFN6O4/c1-17(2)36(18(3)4)24(37)20-14-19(30)8-9-21(20)39-23-22(31-25(29)33-32-23)35-15-28(16-35)10-12-34(13-11-28)26(38)40-27(5,6)7/h8-9,14,17-18H,10-13,15-16H2,1-7H3. The van der Waals surface area contributed by atoms with Crippen molar-refractivity contribution in [3.05, 3.63) is 34.9 Å². The molecule has 218 valence electrons. The van der Waals surface area contributed by atoms with Gasteiger partial charge in [0.15, 0.2) is 5.82 Å². The Bertz CT molecular complexity index is 1240. The molecule has 0 radical (unpaired) electrons. The molecule has 2 saturated heterocycles. The lowest BCUT2D eigenvalue weighted by Gasteiger charge is -2.54. The van der Waals surface area contributed by atoms with Crippen LogP contribution in [0, 0.1) is 11.2 Å². The molecule has 0 saturated carbocycles. The van der Waals surface area contributed by atoms with Gasteiger partial charge in [-0.05, 0) is 91.1 Å². The lowest BCUT2D eigenvalue weighted by atomic mass is 9.72. The maximum atomic E-state index is 14.3. The highest BCUT2D eigenvalue weighted by atomic mass is 35.5. The lowest BCUT2D eigenvalue weighted by Crippen LogP contribution is -2.61. The topological polar surface area (TPSA) is 101 Å². The Morgan fingerprint density at radius 3 is 2.27 bits per heavy atom. The summed E-state index contributed by atoms with van der Waals surface area (Å²) in [4.78, 5) is 35.7. The molecular formula is C28H38ClFN6O4. The zero-order valence-corrected chi connectivity index (χ0v) is 25.0. The number of hydrogen-bond acceptors (Lipinski definition) is 8. The minimum Gasteiger partial charge on any atom is -0.444 e. The number of likely N-dealkylation sites (tertiary alicyclic amines) is 1. The Kier molecular flexibility index (Phi) is 8.44. The first-order valence-corrected chi connectivity index (χ1v) is 14.0. The number of hydrogen-bond donors (Lipinski definition) is 0. The van der Waals surface area contributed by atoms with E-state index in [1.54, 1.807) is 9.80 Å². The predicted octanol–water partition coefficient (Wildman–Crippen LogP) is 5.55. The summed E-state index contributed by atoms with van der Waals surface area (Å²) in [6, 6.07) is 3.61. The fourth-order valence-electron chi connectivity index (χ4n) is 5.35. The van der Waals surface area contributed by atoms with E-state index in [9.17, 15) is 14.0 Å². The fraction of sp³-hybridized carbons (Fsp3) is 0.607. The summed E-state index contributed by atoms with van der Waals surface area (Å²) in [5.41, 5.74) is -0.439. The molecule has 0 bridgehead atoms. The first-order chi connectivity index (χ1) is 18.7. The molecule has 12 heteroatoms. The van der Waals surface area contributed by atoms with Crippen LogP contribution in [0.1, 0.15) is 71.7 Å². The average molecular weight is 577 g/mol. The van der Waals surface area contributed by atoms with E-state index in [0.717, 1.165) is 12.8 Å². The van der Waals surface area contributed by atoms with Gasteiger partial charge in [0.2, 0.25) is 5.28 Å². The van der Waals surface area contributed by atoms with E-state index in [0.29, 0.717) is 32.0 Å². The Morgan fingerprint density at radius 1 is 1.07 bits per heavy atom. The van der Waals surface area contributed by atoms with E-state index >= 15 is 0 Å². The average Bonchev–Trinajstić information content (AvgIpc) is 2.83. The molecule has 10 nitrogen and oxygen atoms in total. The molecule has 2 amide bonds. The van der Waals surface area contributed by atoms with E-state index in [1.807, 2.05) is 53.4 Å². The van der Waals surface area contributed by atoms with Crippen molar-refractivity contribution < 1.29 is 23.5 Å². The third kappa shape index (κ3) is 6.56. The van der Waals surface area contributed by atoms with Gasteiger partial charge in [0.1, 0.15) is 17.2 Å². The quantitative estimate of drug-likeness (QED) is 0.441. The molecule has 0 atom stereocenters. The van der Waals surface area contributed by atoms with Gasteiger partial charge in [0.05, 0.1) is 5.56 Å². The largest absolute Gasteiger partial charge is 0.444 e. The molecule has 2 fully saturated rings. The Labute approximate surface area is 239 Å². The number of anilines is 1. The third-order valence-corrected chi connectivity index (χ3v) is 7.33. The van der Waals surface area contributed by atoms with E-state index in [2.05, 4.69) is 15.2 Å². The third-order valence-electron chi connectivity index (χ3n) is 7.17. The highest BCUT2D eigenvalue weighted by Crippen LogP contribution is 2.45. The van der Waals surface area contributed by atoms with Crippen LogP contribution in [0.25, 0.3) is 0 Å². The monoisotopic (exact) mass is 576 g/mol.